The van der Waals surface area contributed by atoms with E-state index >= 15 is 0 Å². The molecule has 1 aliphatic carbocycles. The first-order valence-corrected chi connectivity index (χ1v) is 6.37. The number of aryl methyl sites for hydroxylation is 1. The maximum absolute atomic E-state index is 4.58. The third kappa shape index (κ3) is 1.90. The fourth-order valence-corrected chi connectivity index (χ4v) is 2.89. The second-order valence-electron chi connectivity index (χ2n) is 4.71. The molecular formula is C13H17N5. The van der Waals surface area contributed by atoms with E-state index in [0.29, 0.717) is 5.92 Å². The lowest BCUT2D eigenvalue weighted by molar-refractivity contribution is 0.408. The van der Waals surface area contributed by atoms with Crippen molar-refractivity contribution in [2.75, 3.05) is 7.05 Å². The number of nitrogens with one attached hydrogen (secondary N) is 2. The standard InChI is InChI=1S/C13H17N5/c1-14-13(11-8-16-18-17-11)10-6-2-4-9-5-3-7-15-12(9)10/h3,5,7-8,10,13-14H,2,4,6H2,1H3,(H,16,17,18). The fourth-order valence-electron chi connectivity index (χ4n) is 2.89. The van der Waals surface area contributed by atoms with E-state index in [0.717, 1.165) is 18.5 Å². The first kappa shape index (κ1) is 11.3. The van der Waals surface area contributed by atoms with E-state index in [-0.39, 0.29) is 6.04 Å². The molecule has 94 valence electrons. The molecule has 2 heterocycles. The van der Waals surface area contributed by atoms with Crippen molar-refractivity contribution in [3.05, 3.63) is 41.5 Å². The van der Waals surface area contributed by atoms with Gasteiger partial charge in [-0.1, -0.05) is 6.07 Å². The smallest absolute Gasteiger partial charge is 0.100 e. The molecule has 2 atom stereocenters. The van der Waals surface area contributed by atoms with Crippen LogP contribution in [0.1, 0.15) is 41.8 Å². The summed E-state index contributed by atoms with van der Waals surface area (Å²) in [5, 5.41) is 14.2. The van der Waals surface area contributed by atoms with Crippen molar-refractivity contribution in [3.8, 4) is 0 Å². The zero-order valence-electron chi connectivity index (χ0n) is 10.4. The highest BCUT2D eigenvalue weighted by Crippen LogP contribution is 2.38. The molecule has 1 aliphatic rings. The summed E-state index contributed by atoms with van der Waals surface area (Å²) in [5.41, 5.74) is 3.55. The maximum Gasteiger partial charge on any atom is 0.100 e. The van der Waals surface area contributed by atoms with Crippen LogP contribution in [0.25, 0.3) is 0 Å². The number of rotatable bonds is 3. The molecule has 0 fully saturated rings. The minimum atomic E-state index is 0.178. The number of aromatic amines is 1. The molecule has 2 aromatic heterocycles. The van der Waals surface area contributed by atoms with Crippen molar-refractivity contribution in [1.29, 1.82) is 0 Å². The Morgan fingerprint density at radius 3 is 3.22 bits per heavy atom. The third-order valence-electron chi connectivity index (χ3n) is 3.70. The van der Waals surface area contributed by atoms with Gasteiger partial charge in [-0.3, -0.25) is 4.98 Å². The number of fused-ring (bicyclic) bond motifs is 1. The van der Waals surface area contributed by atoms with Crippen LogP contribution >= 0.6 is 0 Å². The highest BCUT2D eigenvalue weighted by molar-refractivity contribution is 5.28. The summed E-state index contributed by atoms with van der Waals surface area (Å²) in [6, 6.07) is 4.38. The summed E-state index contributed by atoms with van der Waals surface area (Å²) in [6.45, 7) is 0. The van der Waals surface area contributed by atoms with Crippen molar-refractivity contribution in [2.45, 2.75) is 31.2 Å². The highest BCUT2D eigenvalue weighted by atomic mass is 15.3. The molecule has 18 heavy (non-hydrogen) atoms. The molecule has 2 unspecified atom stereocenters. The number of hydrogen-bond donors (Lipinski definition) is 2. The lowest BCUT2D eigenvalue weighted by atomic mass is 9.81. The Hall–Kier alpha value is -1.75. The molecule has 0 aliphatic heterocycles. The summed E-state index contributed by atoms with van der Waals surface area (Å²) < 4.78 is 0. The van der Waals surface area contributed by atoms with Gasteiger partial charge in [-0.05, 0) is 37.9 Å². The Labute approximate surface area is 106 Å². The zero-order valence-corrected chi connectivity index (χ0v) is 10.4. The van der Waals surface area contributed by atoms with Crippen molar-refractivity contribution in [3.63, 3.8) is 0 Å². The second kappa shape index (κ2) is 4.86. The fraction of sp³-hybridized carbons (Fsp3) is 0.462. The Bertz CT molecular complexity index is 508. The molecule has 0 amide bonds. The van der Waals surface area contributed by atoms with Crippen molar-refractivity contribution in [2.24, 2.45) is 0 Å². The van der Waals surface area contributed by atoms with E-state index in [4.69, 9.17) is 0 Å². The number of pyridine rings is 1. The summed E-state index contributed by atoms with van der Waals surface area (Å²) in [4.78, 5) is 4.58. The number of hydrogen-bond acceptors (Lipinski definition) is 4. The van der Waals surface area contributed by atoms with E-state index < -0.39 is 0 Å². The first-order valence-electron chi connectivity index (χ1n) is 6.37. The third-order valence-corrected chi connectivity index (χ3v) is 3.70. The first-order chi connectivity index (χ1) is 8.90. The minimum absolute atomic E-state index is 0.178. The summed E-state index contributed by atoms with van der Waals surface area (Å²) in [5.74, 6) is 0.380. The van der Waals surface area contributed by atoms with Crippen molar-refractivity contribution < 1.29 is 0 Å². The van der Waals surface area contributed by atoms with Crippen LogP contribution in [0, 0.1) is 0 Å². The van der Waals surface area contributed by atoms with Gasteiger partial charge in [0.25, 0.3) is 0 Å². The molecule has 2 N–H and O–H groups in total. The van der Waals surface area contributed by atoms with E-state index in [9.17, 15) is 0 Å². The molecule has 0 saturated carbocycles. The number of H-pyrrole nitrogens is 1. The average molecular weight is 243 g/mol. The second-order valence-corrected chi connectivity index (χ2v) is 4.71. The predicted molar refractivity (Wildman–Crippen MR) is 68.1 cm³/mol. The molecule has 0 radical (unpaired) electrons. The number of aromatic nitrogens is 4. The van der Waals surface area contributed by atoms with Gasteiger partial charge in [0.15, 0.2) is 0 Å². The van der Waals surface area contributed by atoms with E-state index in [1.54, 1.807) is 6.20 Å². The SMILES string of the molecule is CNC(c1cn[nH]n1)C1CCCc2cccnc21. The van der Waals surface area contributed by atoms with Crippen LogP contribution in [-0.4, -0.2) is 27.4 Å². The van der Waals surface area contributed by atoms with Crippen LogP contribution in [-0.2, 0) is 6.42 Å². The molecule has 5 nitrogen and oxygen atoms in total. The summed E-state index contributed by atoms with van der Waals surface area (Å²) in [6.07, 6.45) is 7.15. The van der Waals surface area contributed by atoms with Crippen LogP contribution in [0.3, 0.4) is 0 Å². The quantitative estimate of drug-likeness (QED) is 0.859. The van der Waals surface area contributed by atoms with Gasteiger partial charge in [0.1, 0.15) is 5.69 Å². The summed E-state index contributed by atoms with van der Waals surface area (Å²) >= 11 is 0. The van der Waals surface area contributed by atoms with Crippen LogP contribution in [0.4, 0.5) is 0 Å². The molecule has 0 saturated heterocycles. The van der Waals surface area contributed by atoms with Gasteiger partial charge in [0.05, 0.1) is 12.2 Å². The number of nitrogens with zero attached hydrogens (tertiary/aromatic N) is 3. The Balaban J connectivity index is 1.97. The maximum atomic E-state index is 4.58. The van der Waals surface area contributed by atoms with Gasteiger partial charge in [0, 0.05) is 17.8 Å². The Morgan fingerprint density at radius 2 is 2.44 bits per heavy atom. The van der Waals surface area contributed by atoms with Gasteiger partial charge < -0.3 is 5.32 Å². The van der Waals surface area contributed by atoms with Crippen molar-refractivity contribution in [1.82, 2.24) is 25.7 Å². The number of likely N-dealkylation sites (N-methyl/N-ethyl adjacent to an activating group) is 1. The van der Waals surface area contributed by atoms with Gasteiger partial charge in [0.2, 0.25) is 0 Å². The predicted octanol–water partition coefficient (Wildman–Crippen LogP) is 1.58. The molecule has 0 spiro atoms. The highest BCUT2D eigenvalue weighted by Gasteiger charge is 2.30. The van der Waals surface area contributed by atoms with E-state index in [1.165, 1.54) is 17.7 Å². The van der Waals surface area contributed by atoms with Crippen molar-refractivity contribution >= 4 is 0 Å². The molecule has 0 bridgehead atoms. The normalized spacial score (nSPS) is 20.4. The summed E-state index contributed by atoms with van der Waals surface area (Å²) in [7, 11) is 1.97. The molecule has 5 heteroatoms. The largest absolute Gasteiger partial charge is 0.311 e. The Kier molecular flexibility index (Phi) is 3.06. The molecule has 3 rings (SSSR count). The Morgan fingerprint density at radius 1 is 1.50 bits per heavy atom. The average Bonchev–Trinajstić information content (AvgIpc) is 2.94. The molecule has 0 aromatic carbocycles. The minimum Gasteiger partial charge on any atom is -0.311 e. The molecular weight excluding hydrogens is 226 g/mol. The van der Waals surface area contributed by atoms with E-state index in [2.05, 4.69) is 31.8 Å². The van der Waals surface area contributed by atoms with Crippen LogP contribution in [0.15, 0.2) is 24.5 Å². The topological polar surface area (TPSA) is 66.5 Å². The van der Waals surface area contributed by atoms with E-state index in [1.807, 2.05) is 19.3 Å². The molecule has 2 aromatic rings. The van der Waals surface area contributed by atoms with Gasteiger partial charge in [-0.15, -0.1) is 0 Å². The lowest BCUT2D eigenvalue weighted by Gasteiger charge is -2.30. The van der Waals surface area contributed by atoms with Gasteiger partial charge in [-0.25, -0.2) is 0 Å². The lowest BCUT2D eigenvalue weighted by Crippen LogP contribution is -2.27. The van der Waals surface area contributed by atoms with Gasteiger partial charge >= 0.3 is 0 Å². The van der Waals surface area contributed by atoms with Crippen LogP contribution in [0.5, 0.6) is 0 Å². The van der Waals surface area contributed by atoms with Gasteiger partial charge in [-0.2, -0.15) is 15.4 Å². The monoisotopic (exact) mass is 243 g/mol. The zero-order chi connectivity index (χ0) is 12.4. The van der Waals surface area contributed by atoms with Crippen LogP contribution in [0.2, 0.25) is 0 Å². The van der Waals surface area contributed by atoms with Crippen LogP contribution < -0.4 is 5.32 Å².